The molecule has 0 radical (unpaired) electrons. The van der Waals surface area contributed by atoms with Gasteiger partial charge in [0, 0.05) is 30.2 Å². The molecule has 3 heteroatoms. The Hall–Kier alpha value is 0.270. The second kappa shape index (κ2) is 7.65. The number of hydrogen-bond donors (Lipinski definition) is 1. The first kappa shape index (κ1) is 13.7. The summed E-state index contributed by atoms with van der Waals surface area (Å²) >= 11 is 2.20. The number of rotatable bonds is 6. The van der Waals surface area contributed by atoms with E-state index in [2.05, 4.69) is 24.0 Å². The van der Waals surface area contributed by atoms with Gasteiger partial charge in [0.15, 0.2) is 0 Å². The van der Waals surface area contributed by atoms with E-state index in [9.17, 15) is 0 Å². The third kappa shape index (κ3) is 5.19. The standard InChI is InChI=1S/C14H27NOS/c1-12(17-14-7-3-2-4-8-14)10-15-11-13-6-5-9-16-13/h12-15H,2-11H2,1H3. The molecule has 1 N–H and O–H groups in total. The highest BCUT2D eigenvalue weighted by atomic mass is 32.2. The van der Waals surface area contributed by atoms with E-state index in [0.717, 1.165) is 30.2 Å². The summed E-state index contributed by atoms with van der Waals surface area (Å²) < 4.78 is 5.62. The van der Waals surface area contributed by atoms with Crippen molar-refractivity contribution in [3.63, 3.8) is 0 Å². The molecule has 17 heavy (non-hydrogen) atoms. The van der Waals surface area contributed by atoms with Crippen molar-refractivity contribution in [2.75, 3.05) is 19.7 Å². The number of ether oxygens (including phenoxy) is 1. The molecule has 0 amide bonds. The highest BCUT2D eigenvalue weighted by Gasteiger charge is 2.18. The van der Waals surface area contributed by atoms with Gasteiger partial charge in [-0.25, -0.2) is 0 Å². The fraction of sp³-hybridized carbons (Fsp3) is 1.00. The van der Waals surface area contributed by atoms with Crippen molar-refractivity contribution in [3.8, 4) is 0 Å². The Morgan fingerprint density at radius 3 is 2.71 bits per heavy atom. The van der Waals surface area contributed by atoms with Gasteiger partial charge >= 0.3 is 0 Å². The Bertz CT molecular complexity index is 200. The van der Waals surface area contributed by atoms with Crippen LogP contribution < -0.4 is 5.32 Å². The number of thioether (sulfide) groups is 1. The summed E-state index contributed by atoms with van der Waals surface area (Å²) in [5.74, 6) is 0. The van der Waals surface area contributed by atoms with Gasteiger partial charge in [0.05, 0.1) is 6.10 Å². The quantitative estimate of drug-likeness (QED) is 0.789. The Morgan fingerprint density at radius 2 is 2.00 bits per heavy atom. The van der Waals surface area contributed by atoms with Gasteiger partial charge in [-0.05, 0) is 25.7 Å². The van der Waals surface area contributed by atoms with E-state index in [0.29, 0.717) is 6.10 Å². The molecule has 0 aromatic rings. The van der Waals surface area contributed by atoms with Crippen molar-refractivity contribution in [1.29, 1.82) is 0 Å². The Labute approximate surface area is 110 Å². The van der Waals surface area contributed by atoms with Crippen LogP contribution in [0.3, 0.4) is 0 Å². The van der Waals surface area contributed by atoms with Crippen LogP contribution in [0.5, 0.6) is 0 Å². The van der Waals surface area contributed by atoms with Crippen molar-refractivity contribution >= 4 is 11.8 Å². The van der Waals surface area contributed by atoms with Gasteiger partial charge in [-0.15, -0.1) is 0 Å². The Balaban J connectivity index is 1.52. The minimum atomic E-state index is 0.488. The topological polar surface area (TPSA) is 21.3 Å². The van der Waals surface area contributed by atoms with Gasteiger partial charge in [0.25, 0.3) is 0 Å². The summed E-state index contributed by atoms with van der Waals surface area (Å²) in [7, 11) is 0. The first-order valence-corrected chi connectivity index (χ1v) is 8.26. The molecule has 2 nitrogen and oxygen atoms in total. The molecular formula is C14H27NOS. The highest BCUT2D eigenvalue weighted by molar-refractivity contribution is 8.00. The second-order valence-corrected chi connectivity index (χ2v) is 7.24. The van der Waals surface area contributed by atoms with Crippen LogP contribution in [-0.2, 0) is 4.74 Å². The molecule has 2 aliphatic rings. The van der Waals surface area contributed by atoms with Crippen LogP contribution in [0.25, 0.3) is 0 Å². The first-order valence-electron chi connectivity index (χ1n) is 7.32. The molecule has 0 spiro atoms. The summed E-state index contributed by atoms with van der Waals surface area (Å²) in [4.78, 5) is 0. The highest BCUT2D eigenvalue weighted by Crippen LogP contribution is 2.30. The summed E-state index contributed by atoms with van der Waals surface area (Å²) in [6.45, 7) is 5.52. The molecule has 1 aliphatic carbocycles. The third-order valence-electron chi connectivity index (χ3n) is 3.80. The predicted molar refractivity (Wildman–Crippen MR) is 75.8 cm³/mol. The summed E-state index contributed by atoms with van der Waals surface area (Å²) in [5, 5.41) is 5.25. The van der Waals surface area contributed by atoms with Crippen LogP contribution >= 0.6 is 11.8 Å². The maximum atomic E-state index is 5.62. The van der Waals surface area contributed by atoms with Crippen LogP contribution in [-0.4, -0.2) is 36.3 Å². The molecule has 100 valence electrons. The molecule has 1 saturated heterocycles. The van der Waals surface area contributed by atoms with Crippen LogP contribution in [0, 0.1) is 0 Å². The van der Waals surface area contributed by atoms with Crippen molar-refractivity contribution in [3.05, 3.63) is 0 Å². The van der Waals surface area contributed by atoms with E-state index in [1.807, 2.05) is 0 Å². The minimum Gasteiger partial charge on any atom is -0.377 e. The molecule has 1 aliphatic heterocycles. The molecule has 2 unspecified atom stereocenters. The maximum absolute atomic E-state index is 5.62. The molecule has 1 saturated carbocycles. The molecule has 0 aromatic carbocycles. The lowest BCUT2D eigenvalue weighted by atomic mass is 10.0. The van der Waals surface area contributed by atoms with Gasteiger partial charge < -0.3 is 10.1 Å². The molecular weight excluding hydrogens is 230 g/mol. The van der Waals surface area contributed by atoms with E-state index < -0.39 is 0 Å². The molecule has 1 heterocycles. The number of hydrogen-bond acceptors (Lipinski definition) is 3. The second-order valence-electron chi connectivity index (χ2n) is 5.50. The van der Waals surface area contributed by atoms with Gasteiger partial charge in [-0.1, -0.05) is 26.2 Å². The van der Waals surface area contributed by atoms with E-state index >= 15 is 0 Å². The van der Waals surface area contributed by atoms with E-state index in [-0.39, 0.29) is 0 Å². The van der Waals surface area contributed by atoms with E-state index in [1.165, 1.54) is 44.9 Å². The van der Waals surface area contributed by atoms with Crippen LogP contribution in [0.2, 0.25) is 0 Å². The van der Waals surface area contributed by atoms with Crippen LogP contribution in [0.4, 0.5) is 0 Å². The lowest BCUT2D eigenvalue weighted by Gasteiger charge is -2.24. The zero-order valence-corrected chi connectivity index (χ0v) is 11.9. The van der Waals surface area contributed by atoms with Gasteiger partial charge in [0.2, 0.25) is 0 Å². The Morgan fingerprint density at radius 1 is 1.18 bits per heavy atom. The summed E-state index contributed by atoms with van der Waals surface area (Å²) in [5.41, 5.74) is 0. The average Bonchev–Trinajstić information content (AvgIpc) is 2.83. The van der Waals surface area contributed by atoms with Gasteiger partial charge in [-0.2, -0.15) is 11.8 Å². The largest absolute Gasteiger partial charge is 0.377 e. The van der Waals surface area contributed by atoms with E-state index in [1.54, 1.807) is 0 Å². The average molecular weight is 257 g/mol. The fourth-order valence-electron chi connectivity index (χ4n) is 2.83. The van der Waals surface area contributed by atoms with Gasteiger partial charge in [-0.3, -0.25) is 0 Å². The summed E-state index contributed by atoms with van der Waals surface area (Å²) in [6, 6.07) is 0. The molecule has 2 atom stereocenters. The maximum Gasteiger partial charge on any atom is 0.0700 e. The first-order chi connectivity index (χ1) is 8.34. The smallest absolute Gasteiger partial charge is 0.0700 e. The number of nitrogens with one attached hydrogen (secondary N) is 1. The van der Waals surface area contributed by atoms with Crippen molar-refractivity contribution < 1.29 is 4.74 Å². The van der Waals surface area contributed by atoms with Crippen molar-refractivity contribution in [2.24, 2.45) is 0 Å². The molecule has 2 fully saturated rings. The molecule has 0 bridgehead atoms. The van der Waals surface area contributed by atoms with Crippen LogP contribution in [0.15, 0.2) is 0 Å². The third-order valence-corrected chi connectivity index (χ3v) is 5.29. The van der Waals surface area contributed by atoms with Crippen LogP contribution in [0.1, 0.15) is 51.9 Å². The van der Waals surface area contributed by atoms with Gasteiger partial charge in [0.1, 0.15) is 0 Å². The molecule has 2 rings (SSSR count). The zero-order chi connectivity index (χ0) is 11.9. The van der Waals surface area contributed by atoms with Crippen molar-refractivity contribution in [2.45, 2.75) is 68.5 Å². The SMILES string of the molecule is CC(CNCC1CCCO1)SC1CCCCC1. The minimum absolute atomic E-state index is 0.488. The normalized spacial score (nSPS) is 28.4. The lowest BCUT2D eigenvalue weighted by Crippen LogP contribution is -2.31. The zero-order valence-electron chi connectivity index (χ0n) is 11.1. The summed E-state index contributed by atoms with van der Waals surface area (Å²) in [6.07, 6.45) is 10.2. The predicted octanol–water partition coefficient (Wildman–Crippen LogP) is 3.21. The Kier molecular flexibility index (Phi) is 6.16. The van der Waals surface area contributed by atoms with Crippen molar-refractivity contribution in [1.82, 2.24) is 5.32 Å². The lowest BCUT2D eigenvalue weighted by molar-refractivity contribution is 0.110. The fourth-order valence-corrected chi connectivity index (χ4v) is 4.31. The monoisotopic (exact) mass is 257 g/mol. The molecule has 0 aromatic heterocycles. The van der Waals surface area contributed by atoms with E-state index in [4.69, 9.17) is 4.74 Å².